The van der Waals surface area contributed by atoms with E-state index in [0.717, 1.165) is 44.8 Å². The van der Waals surface area contributed by atoms with Crippen LogP contribution in [-0.4, -0.2) is 101 Å². The minimum atomic E-state index is -1.20. The van der Waals surface area contributed by atoms with Crippen molar-refractivity contribution < 1.29 is 18.8 Å². The summed E-state index contributed by atoms with van der Waals surface area (Å²) in [7, 11) is 1.56. The topological polar surface area (TPSA) is 103 Å². The van der Waals surface area contributed by atoms with Crippen LogP contribution in [0.4, 0.5) is 4.39 Å². The van der Waals surface area contributed by atoms with E-state index in [2.05, 4.69) is 32.5 Å². The molecule has 1 aromatic carbocycles. The van der Waals surface area contributed by atoms with Crippen LogP contribution in [-0.2, 0) is 17.9 Å². The van der Waals surface area contributed by atoms with Crippen LogP contribution in [0.3, 0.4) is 0 Å². The van der Waals surface area contributed by atoms with E-state index in [-0.39, 0.29) is 48.0 Å². The van der Waals surface area contributed by atoms with Crippen LogP contribution in [0.25, 0.3) is 0 Å². The minimum absolute atomic E-state index is 0.106. The van der Waals surface area contributed by atoms with Crippen LogP contribution in [0.15, 0.2) is 30.3 Å². The number of nitrogens with zero attached hydrogens (tertiary/aromatic N) is 5. The first-order chi connectivity index (χ1) is 17.2. The van der Waals surface area contributed by atoms with E-state index in [4.69, 9.17) is 0 Å². The second kappa shape index (κ2) is 10.8. The molecule has 3 heterocycles. The van der Waals surface area contributed by atoms with Gasteiger partial charge in [-0.2, -0.15) is 5.10 Å². The van der Waals surface area contributed by atoms with Crippen molar-refractivity contribution in [1.29, 1.82) is 0 Å². The largest absolute Gasteiger partial charge is 0.350 e. The summed E-state index contributed by atoms with van der Waals surface area (Å²) >= 11 is 0. The highest BCUT2D eigenvalue weighted by molar-refractivity contribution is 6.01. The Morgan fingerprint density at radius 1 is 1.08 bits per heavy atom. The highest BCUT2D eigenvalue weighted by Crippen LogP contribution is 2.26. The fourth-order valence-electron chi connectivity index (χ4n) is 4.56. The molecule has 1 saturated heterocycles. The molecule has 10 nitrogen and oxygen atoms in total. The molecular formula is C25H34FN7O3. The Kier molecular flexibility index (Phi) is 7.70. The lowest BCUT2D eigenvalue weighted by molar-refractivity contribution is -0.132. The number of benzene rings is 1. The Hall–Kier alpha value is -3.31. The van der Waals surface area contributed by atoms with Gasteiger partial charge in [0.2, 0.25) is 5.91 Å². The lowest BCUT2D eigenvalue weighted by Gasteiger charge is -2.40. The van der Waals surface area contributed by atoms with E-state index < -0.39 is 5.54 Å². The molecule has 2 N–H and O–H groups in total. The molecular weight excluding hydrogens is 465 g/mol. The van der Waals surface area contributed by atoms with Gasteiger partial charge in [0.1, 0.15) is 17.1 Å². The summed E-state index contributed by atoms with van der Waals surface area (Å²) in [5, 5.41) is 10.1. The van der Waals surface area contributed by atoms with Crippen LogP contribution in [0.2, 0.25) is 0 Å². The third kappa shape index (κ3) is 5.41. The number of fused-ring (bicyclic) bond motifs is 1. The van der Waals surface area contributed by atoms with Crippen molar-refractivity contribution in [2.24, 2.45) is 0 Å². The molecule has 194 valence electrons. The summed E-state index contributed by atoms with van der Waals surface area (Å²) < 4.78 is 14.6. The lowest BCUT2D eigenvalue weighted by Crippen LogP contribution is -2.62. The lowest BCUT2D eigenvalue weighted by atomic mass is 9.96. The number of piperazine rings is 1. The summed E-state index contributed by atoms with van der Waals surface area (Å²) in [6, 6.07) is 7.32. The van der Waals surface area contributed by atoms with E-state index in [1.807, 2.05) is 0 Å². The number of carbonyl (C=O) groups is 3. The smallest absolute Gasteiger partial charge is 0.272 e. The monoisotopic (exact) mass is 499 g/mol. The van der Waals surface area contributed by atoms with Gasteiger partial charge >= 0.3 is 0 Å². The Labute approximate surface area is 210 Å². The number of carbonyl (C=O) groups excluding carboxylic acids is 3. The average Bonchev–Trinajstić information content (AvgIpc) is 3.31. The normalized spacial score (nSPS) is 20.8. The zero-order valence-corrected chi connectivity index (χ0v) is 21.1. The third-order valence-electron chi connectivity index (χ3n) is 7.22. The zero-order chi connectivity index (χ0) is 25.9. The van der Waals surface area contributed by atoms with E-state index in [0.29, 0.717) is 6.54 Å². The number of aromatic nitrogens is 2. The molecule has 0 saturated carbocycles. The SMILES string of the molecule is CCN1CCN(CCNC(=O)c2cc3n(n2)C[C@@](C)(C(=O)NCc2ccc(F)cc2)N(C)C3=O)CC1. The number of halogens is 1. The number of hydrogen-bond donors (Lipinski definition) is 2. The highest BCUT2D eigenvalue weighted by Gasteiger charge is 2.46. The number of hydrogen-bond acceptors (Lipinski definition) is 6. The van der Waals surface area contributed by atoms with Crippen molar-refractivity contribution in [3.05, 3.63) is 53.1 Å². The van der Waals surface area contributed by atoms with Gasteiger partial charge in [-0.25, -0.2) is 4.39 Å². The van der Waals surface area contributed by atoms with Gasteiger partial charge in [0.05, 0.1) is 6.54 Å². The highest BCUT2D eigenvalue weighted by atomic mass is 19.1. The van der Waals surface area contributed by atoms with Gasteiger partial charge in [-0.3, -0.25) is 24.0 Å². The van der Waals surface area contributed by atoms with Crippen molar-refractivity contribution in [2.45, 2.75) is 32.5 Å². The van der Waals surface area contributed by atoms with Gasteiger partial charge in [0.15, 0.2) is 5.69 Å². The van der Waals surface area contributed by atoms with Crippen molar-refractivity contribution >= 4 is 17.7 Å². The Balaban J connectivity index is 1.35. The van der Waals surface area contributed by atoms with Gasteiger partial charge in [0, 0.05) is 58.9 Å². The molecule has 0 radical (unpaired) electrons. The maximum absolute atomic E-state index is 13.1. The van der Waals surface area contributed by atoms with Crippen LogP contribution in [0.5, 0.6) is 0 Å². The molecule has 0 bridgehead atoms. The standard InChI is InChI=1S/C25H34FN7O3/c1-4-31-11-13-32(14-12-31)10-9-27-22(34)20-15-21-23(35)30(3)25(2,17-33(21)29-20)24(36)28-16-18-5-7-19(26)8-6-18/h5-8,15H,4,9-14,16-17H2,1-3H3,(H,27,34)(H,28,36)/t25-/m0/s1. The molecule has 0 unspecified atom stereocenters. The molecule has 3 amide bonds. The minimum Gasteiger partial charge on any atom is -0.350 e. The first-order valence-corrected chi connectivity index (χ1v) is 12.3. The number of rotatable bonds is 8. The molecule has 2 aliphatic heterocycles. The van der Waals surface area contributed by atoms with Gasteiger partial charge < -0.3 is 20.4 Å². The zero-order valence-electron chi connectivity index (χ0n) is 21.1. The van der Waals surface area contributed by atoms with E-state index in [9.17, 15) is 18.8 Å². The first kappa shape index (κ1) is 25.8. The summed E-state index contributed by atoms with van der Waals surface area (Å²) in [6.07, 6.45) is 0. The molecule has 4 rings (SSSR count). The van der Waals surface area contributed by atoms with Crippen LogP contribution in [0, 0.1) is 5.82 Å². The molecule has 1 fully saturated rings. The average molecular weight is 500 g/mol. The fraction of sp³-hybridized carbons (Fsp3) is 0.520. The first-order valence-electron chi connectivity index (χ1n) is 12.3. The molecule has 0 spiro atoms. The number of nitrogens with one attached hydrogen (secondary N) is 2. The Morgan fingerprint density at radius 3 is 2.42 bits per heavy atom. The van der Waals surface area contributed by atoms with Crippen LogP contribution < -0.4 is 10.6 Å². The molecule has 2 aliphatic rings. The van der Waals surface area contributed by atoms with Crippen LogP contribution >= 0.6 is 0 Å². The third-order valence-corrected chi connectivity index (χ3v) is 7.22. The number of amides is 3. The molecule has 36 heavy (non-hydrogen) atoms. The molecule has 1 aromatic heterocycles. The van der Waals surface area contributed by atoms with Crippen molar-refractivity contribution in [3.8, 4) is 0 Å². The van der Waals surface area contributed by atoms with E-state index in [1.54, 1.807) is 26.1 Å². The second-order valence-electron chi connectivity index (χ2n) is 9.55. The summed E-state index contributed by atoms with van der Waals surface area (Å²) in [6.45, 7) is 10.4. The van der Waals surface area contributed by atoms with Crippen molar-refractivity contribution in [1.82, 2.24) is 35.1 Å². The van der Waals surface area contributed by atoms with Crippen molar-refractivity contribution in [2.75, 3.05) is 52.9 Å². The molecule has 2 aromatic rings. The number of likely N-dealkylation sites (N-methyl/N-ethyl adjacent to an activating group) is 2. The van der Waals surface area contributed by atoms with Gasteiger partial charge in [-0.15, -0.1) is 0 Å². The van der Waals surface area contributed by atoms with Gasteiger partial charge in [-0.05, 0) is 31.2 Å². The summed E-state index contributed by atoms with van der Waals surface area (Å²) in [5.74, 6) is -1.45. The summed E-state index contributed by atoms with van der Waals surface area (Å²) in [5.41, 5.74) is -0.0466. The quantitative estimate of drug-likeness (QED) is 0.550. The molecule has 0 aliphatic carbocycles. The Bertz CT molecular complexity index is 1110. The van der Waals surface area contributed by atoms with Gasteiger partial charge in [-0.1, -0.05) is 19.1 Å². The maximum atomic E-state index is 13.1. The van der Waals surface area contributed by atoms with Crippen molar-refractivity contribution in [3.63, 3.8) is 0 Å². The maximum Gasteiger partial charge on any atom is 0.272 e. The van der Waals surface area contributed by atoms with E-state index in [1.165, 1.54) is 27.8 Å². The second-order valence-corrected chi connectivity index (χ2v) is 9.55. The van der Waals surface area contributed by atoms with Crippen LogP contribution in [0.1, 0.15) is 40.4 Å². The predicted octanol–water partition coefficient (Wildman–Crippen LogP) is 0.550. The molecule has 11 heteroatoms. The van der Waals surface area contributed by atoms with Gasteiger partial charge in [0.25, 0.3) is 11.8 Å². The van der Waals surface area contributed by atoms with E-state index >= 15 is 0 Å². The molecule has 1 atom stereocenters. The summed E-state index contributed by atoms with van der Waals surface area (Å²) in [4.78, 5) is 45.0. The predicted molar refractivity (Wildman–Crippen MR) is 132 cm³/mol. The Morgan fingerprint density at radius 2 is 1.75 bits per heavy atom. The fourth-order valence-corrected chi connectivity index (χ4v) is 4.56.